The first-order valence-electron chi connectivity index (χ1n) is 7.89. The van der Waals surface area contributed by atoms with Crippen molar-refractivity contribution >= 4 is 34.2 Å². The topological polar surface area (TPSA) is 73.3 Å². The number of rotatable bonds is 4. The van der Waals surface area contributed by atoms with Crippen molar-refractivity contribution < 1.29 is 4.79 Å². The predicted molar refractivity (Wildman–Crippen MR) is 99.5 cm³/mol. The maximum Gasteiger partial charge on any atom is 0.235 e. The van der Waals surface area contributed by atoms with E-state index in [1.165, 1.54) is 11.8 Å². The zero-order valence-electron chi connectivity index (χ0n) is 13.6. The molecule has 25 heavy (non-hydrogen) atoms. The highest BCUT2D eigenvalue weighted by Gasteiger charge is 2.23. The smallest absolute Gasteiger partial charge is 0.235 e. The number of primary amides is 1. The average Bonchev–Trinajstić information content (AvgIpc) is 3.03. The quantitative estimate of drug-likeness (QED) is 0.573. The van der Waals surface area contributed by atoms with Gasteiger partial charge >= 0.3 is 0 Å². The molecule has 0 aliphatic heterocycles. The molecule has 0 saturated carbocycles. The molecule has 0 spiro atoms. The summed E-state index contributed by atoms with van der Waals surface area (Å²) in [4.78, 5) is 12.0. The van der Waals surface area contributed by atoms with Gasteiger partial charge in [-0.05, 0) is 30.2 Å². The Hall–Kier alpha value is -2.86. The lowest BCUT2D eigenvalue weighted by atomic mass is 10.1. The fourth-order valence-corrected chi connectivity index (χ4v) is 3.98. The molecule has 5 nitrogen and oxygen atoms in total. The molecule has 0 aliphatic rings. The Balaban J connectivity index is 1.87. The highest BCUT2D eigenvalue weighted by molar-refractivity contribution is 8.00. The highest BCUT2D eigenvalue weighted by Crippen LogP contribution is 2.35. The van der Waals surface area contributed by atoms with Gasteiger partial charge in [-0.1, -0.05) is 60.3 Å². The molecule has 0 unspecified atom stereocenters. The molecule has 1 amide bonds. The Morgan fingerprint density at radius 1 is 1.08 bits per heavy atom. The van der Waals surface area contributed by atoms with Crippen LogP contribution >= 0.6 is 11.8 Å². The van der Waals surface area contributed by atoms with E-state index in [0.29, 0.717) is 5.16 Å². The normalized spacial score (nSPS) is 12.5. The van der Waals surface area contributed by atoms with Gasteiger partial charge in [-0.25, -0.2) is 0 Å². The number of hydrogen-bond donors (Lipinski definition) is 1. The zero-order valence-corrected chi connectivity index (χ0v) is 14.4. The average molecular weight is 348 g/mol. The summed E-state index contributed by atoms with van der Waals surface area (Å²) in [5.74, 6) is -0.399. The number of hydrogen-bond acceptors (Lipinski definition) is 4. The number of nitrogens with zero attached hydrogens (tertiary/aromatic N) is 3. The fourth-order valence-electron chi connectivity index (χ4n) is 2.97. The molecule has 4 aromatic rings. The molecule has 2 heterocycles. The first kappa shape index (κ1) is 15.7. The van der Waals surface area contributed by atoms with Crippen LogP contribution in [0.15, 0.2) is 65.8 Å². The summed E-state index contributed by atoms with van der Waals surface area (Å²) in [5, 5.41) is 9.84. The van der Waals surface area contributed by atoms with Gasteiger partial charge in [0, 0.05) is 5.39 Å². The van der Waals surface area contributed by atoms with Crippen molar-refractivity contribution in [3.63, 3.8) is 0 Å². The van der Waals surface area contributed by atoms with E-state index in [2.05, 4.69) is 23.2 Å². The highest BCUT2D eigenvalue weighted by atomic mass is 32.2. The van der Waals surface area contributed by atoms with Gasteiger partial charge in [-0.15, -0.1) is 10.2 Å². The van der Waals surface area contributed by atoms with Gasteiger partial charge in [0.15, 0.2) is 10.8 Å². The van der Waals surface area contributed by atoms with Crippen molar-refractivity contribution in [2.24, 2.45) is 5.73 Å². The minimum absolute atomic E-state index is 0.399. The number of benzene rings is 2. The zero-order chi connectivity index (χ0) is 17.4. The second-order valence-corrected chi connectivity index (χ2v) is 6.90. The standard InChI is InChI=1S/C19H16N4OS/c1-12-11-16-21-22-19(23(16)15-10-6-5-9-14(12)15)25-17(18(20)24)13-7-3-2-4-8-13/h2-11,17H,1H3,(H2,20,24)/t17-/m1/s1. The Bertz CT molecular complexity index is 1070. The van der Waals surface area contributed by atoms with Crippen molar-refractivity contribution in [3.8, 4) is 0 Å². The van der Waals surface area contributed by atoms with Gasteiger partial charge in [0.1, 0.15) is 5.25 Å². The van der Waals surface area contributed by atoms with Crippen LogP contribution in [0.25, 0.3) is 16.6 Å². The molecule has 4 rings (SSSR count). The SMILES string of the molecule is Cc1cc2nnc(S[C@@H](C(N)=O)c3ccccc3)n2c2ccccc12. The molecule has 2 aromatic heterocycles. The lowest BCUT2D eigenvalue weighted by molar-refractivity contribution is -0.117. The number of pyridine rings is 1. The first-order chi connectivity index (χ1) is 12.1. The molecule has 0 bridgehead atoms. The number of thioether (sulfide) groups is 1. The van der Waals surface area contributed by atoms with Crippen molar-refractivity contribution in [1.82, 2.24) is 14.6 Å². The molecule has 6 heteroatoms. The number of fused-ring (bicyclic) bond motifs is 3. The van der Waals surface area contributed by atoms with E-state index in [4.69, 9.17) is 5.73 Å². The monoisotopic (exact) mass is 348 g/mol. The van der Waals surface area contributed by atoms with E-state index in [-0.39, 0.29) is 0 Å². The van der Waals surface area contributed by atoms with Gasteiger partial charge in [-0.3, -0.25) is 9.20 Å². The molecular formula is C19H16N4OS. The second-order valence-electron chi connectivity index (χ2n) is 5.83. The van der Waals surface area contributed by atoms with Crippen LogP contribution in [0.4, 0.5) is 0 Å². The minimum Gasteiger partial charge on any atom is -0.368 e. The van der Waals surface area contributed by atoms with Gasteiger partial charge in [0.2, 0.25) is 5.91 Å². The number of aromatic nitrogens is 3. The molecule has 0 aliphatic carbocycles. The van der Waals surface area contributed by atoms with Crippen molar-refractivity contribution in [2.75, 3.05) is 0 Å². The Kier molecular flexibility index (Phi) is 3.89. The first-order valence-corrected chi connectivity index (χ1v) is 8.77. The maximum absolute atomic E-state index is 12.0. The van der Waals surface area contributed by atoms with Crippen LogP contribution in [-0.2, 0) is 4.79 Å². The number of aryl methyl sites for hydroxylation is 1. The van der Waals surface area contributed by atoms with E-state index in [1.54, 1.807) is 0 Å². The molecule has 0 fully saturated rings. The van der Waals surface area contributed by atoms with Crippen molar-refractivity contribution in [3.05, 3.63) is 71.8 Å². The molecule has 0 radical (unpaired) electrons. The summed E-state index contributed by atoms with van der Waals surface area (Å²) in [7, 11) is 0. The van der Waals surface area contributed by atoms with Crippen LogP contribution in [0.1, 0.15) is 16.4 Å². The Morgan fingerprint density at radius 3 is 2.56 bits per heavy atom. The molecule has 1 atom stereocenters. The number of nitrogens with two attached hydrogens (primary N) is 1. The van der Waals surface area contributed by atoms with Crippen LogP contribution in [0.5, 0.6) is 0 Å². The summed E-state index contributed by atoms with van der Waals surface area (Å²) >= 11 is 1.32. The third kappa shape index (κ3) is 2.74. The fraction of sp³-hybridized carbons (Fsp3) is 0.105. The van der Waals surface area contributed by atoms with Crippen LogP contribution in [0, 0.1) is 6.92 Å². The van der Waals surface area contributed by atoms with Crippen molar-refractivity contribution in [1.29, 1.82) is 0 Å². The van der Waals surface area contributed by atoms with Crippen LogP contribution in [0.2, 0.25) is 0 Å². The maximum atomic E-state index is 12.0. The molecule has 0 saturated heterocycles. The summed E-state index contributed by atoms with van der Waals surface area (Å²) < 4.78 is 1.98. The van der Waals surface area contributed by atoms with Gasteiger partial charge in [0.05, 0.1) is 5.52 Å². The largest absolute Gasteiger partial charge is 0.368 e. The van der Waals surface area contributed by atoms with Crippen LogP contribution < -0.4 is 5.73 Å². The van der Waals surface area contributed by atoms with E-state index >= 15 is 0 Å². The van der Waals surface area contributed by atoms with E-state index < -0.39 is 11.2 Å². The lowest BCUT2D eigenvalue weighted by Crippen LogP contribution is -2.19. The third-order valence-corrected chi connectivity index (χ3v) is 5.37. The molecular weight excluding hydrogens is 332 g/mol. The summed E-state index contributed by atoms with van der Waals surface area (Å²) in [5.41, 5.74) is 9.42. The lowest BCUT2D eigenvalue weighted by Gasteiger charge is -2.13. The van der Waals surface area contributed by atoms with Gasteiger partial charge in [-0.2, -0.15) is 0 Å². The molecule has 2 N–H and O–H groups in total. The van der Waals surface area contributed by atoms with E-state index in [1.807, 2.05) is 59.0 Å². The van der Waals surface area contributed by atoms with Crippen LogP contribution in [0.3, 0.4) is 0 Å². The van der Waals surface area contributed by atoms with Gasteiger partial charge in [0.25, 0.3) is 0 Å². The number of carbonyl (C=O) groups excluding carboxylic acids is 1. The van der Waals surface area contributed by atoms with E-state index in [0.717, 1.165) is 27.7 Å². The number of para-hydroxylation sites is 1. The van der Waals surface area contributed by atoms with E-state index in [9.17, 15) is 4.79 Å². The number of amides is 1. The van der Waals surface area contributed by atoms with Gasteiger partial charge < -0.3 is 5.73 Å². The second kappa shape index (κ2) is 6.22. The molecule has 124 valence electrons. The Labute approximate surface area is 148 Å². The summed E-state index contributed by atoms with van der Waals surface area (Å²) in [6.07, 6.45) is 0. The number of carbonyl (C=O) groups is 1. The third-order valence-electron chi connectivity index (χ3n) is 4.16. The van der Waals surface area contributed by atoms with Crippen LogP contribution in [-0.4, -0.2) is 20.5 Å². The summed E-state index contributed by atoms with van der Waals surface area (Å²) in [6.45, 7) is 2.06. The predicted octanol–water partition coefficient (Wildman–Crippen LogP) is 3.51. The summed E-state index contributed by atoms with van der Waals surface area (Å²) in [6, 6.07) is 19.6. The van der Waals surface area contributed by atoms with Crippen molar-refractivity contribution in [2.45, 2.75) is 17.3 Å². The Morgan fingerprint density at radius 2 is 1.80 bits per heavy atom. The minimum atomic E-state index is -0.520. The molecule has 2 aromatic carbocycles.